The minimum atomic E-state index is -0.548. The molecule has 0 radical (unpaired) electrons. The van der Waals surface area contributed by atoms with Gasteiger partial charge in [-0.15, -0.1) is 0 Å². The third-order valence-electron chi connectivity index (χ3n) is 2.75. The summed E-state index contributed by atoms with van der Waals surface area (Å²) in [6, 6.07) is 19.3. The number of nitrogens with zero attached hydrogens (tertiary/aromatic N) is 1. The van der Waals surface area contributed by atoms with Crippen LogP contribution in [-0.2, 0) is 6.54 Å². The maximum atomic E-state index is 8.72. The Labute approximate surface area is 107 Å². The topological polar surface area (TPSA) is 61.8 Å². The third kappa shape index (κ3) is 3.09. The second kappa shape index (κ2) is 5.85. The quantitative estimate of drug-likeness (QED) is 0.859. The average Bonchev–Trinajstić information content (AvgIpc) is 2.46. The number of nitrogens with one attached hydrogen (secondary N) is 1. The first-order valence-corrected chi connectivity index (χ1v) is 5.82. The van der Waals surface area contributed by atoms with Crippen LogP contribution in [0.4, 0.5) is 5.69 Å². The summed E-state index contributed by atoms with van der Waals surface area (Å²) in [5.41, 5.74) is 8.72. The fourth-order valence-electron chi connectivity index (χ4n) is 1.68. The number of hydrogen-bond acceptors (Lipinski definition) is 3. The lowest BCUT2D eigenvalue weighted by molar-refractivity contribution is 0.926. The van der Waals surface area contributed by atoms with Crippen LogP contribution >= 0.6 is 0 Å². The fourth-order valence-corrected chi connectivity index (χ4v) is 1.68. The molecular formula is C15H15N3. The van der Waals surface area contributed by atoms with Gasteiger partial charge in [-0.2, -0.15) is 5.26 Å². The van der Waals surface area contributed by atoms with Crippen LogP contribution in [0, 0.1) is 11.3 Å². The maximum absolute atomic E-state index is 8.72. The molecule has 0 heterocycles. The van der Waals surface area contributed by atoms with E-state index in [0.29, 0.717) is 0 Å². The molecule has 0 saturated heterocycles. The molecule has 0 bridgehead atoms. The molecule has 0 fully saturated rings. The summed E-state index contributed by atoms with van der Waals surface area (Å²) in [4.78, 5) is 0. The molecule has 2 aromatic carbocycles. The molecule has 3 nitrogen and oxygen atoms in total. The molecule has 3 N–H and O–H groups in total. The van der Waals surface area contributed by atoms with Crippen molar-refractivity contribution in [2.24, 2.45) is 5.73 Å². The highest BCUT2D eigenvalue weighted by atomic mass is 14.9. The second-order valence-electron chi connectivity index (χ2n) is 4.07. The molecule has 18 heavy (non-hydrogen) atoms. The lowest BCUT2D eigenvalue weighted by atomic mass is 10.1. The second-order valence-corrected chi connectivity index (χ2v) is 4.07. The van der Waals surface area contributed by atoms with Gasteiger partial charge < -0.3 is 11.1 Å². The first kappa shape index (κ1) is 12.2. The monoisotopic (exact) mass is 237 g/mol. The van der Waals surface area contributed by atoms with Crippen LogP contribution in [0.5, 0.6) is 0 Å². The number of anilines is 1. The van der Waals surface area contributed by atoms with E-state index in [0.717, 1.165) is 17.8 Å². The van der Waals surface area contributed by atoms with Crippen LogP contribution in [0.25, 0.3) is 0 Å². The molecule has 1 atom stereocenters. The van der Waals surface area contributed by atoms with E-state index in [-0.39, 0.29) is 0 Å². The molecule has 2 rings (SSSR count). The molecule has 0 aliphatic heterocycles. The number of benzene rings is 2. The molecule has 0 aliphatic rings. The predicted molar refractivity (Wildman–Crippen MR) is 72.8 cm³/mol. The van der Waals surface area contributed by atoms with Crippen LogP contribution in [0.15, 0.2) is 54.6 Å². The molecule has 1 unspecified atom stereocenters. The SMILES string of the molecule is N#CC(N)c1ccc(NCc2ccccc2)cc1. The Bertz CT molecular complexity index is 526. The first-order valence-electron chi connectivity index (χ1n) is 5.82. The van der Waals surface area contributed by atoms with Crippen LogP contribution < -0.4 is 11.1 Å². The van der Waals surface area contributed by atoms with Gasteiger partial charge in [-0.1, -0.05) is 42.5 Å². The Balaban J connectivity index is 1.97. The summed E-state index contributed by atoms with van der Waals surface area (Å²) in [6.45, 7) is 0.782. The van der Waals surface area contributed by atoms with Crippen LogP contribution in [0.2, 0.25) is 0 Å². The minimum Gasteiger partial charge on any atom is -0.381 e. The maximum Gasteiger partial charge on any atom is 0.118 e. The summed E-state index contributed by atoms with van der Waals surface area (Å²) in [6.07, 6.45) is 0. The Hall–Kier alpha value is -2.31. The number of hydrogen-bond donors (Lipinski definition) is 2. The summed E-state index contributed by atoms with van der Waals surface area (Å²) in [5.74, 6) is 0. The van der Waals surface area contributed by atoms with Crippen molar-refractivity contribution in [3.8, 4) is 6.07 Å². The minimum absolute atomic E-state index is 0.548. The zero-order chi connectivity index (χ0) is 12.8. The molecule has 0 saturated carbocycles. The van der Waals surface area contributed by atoms with E-state index in [1.54, 1.807) is 0 Å². The van der Waals surface area contributed by atoms with Gasteiger partial charge in [0.15, 0.2) is 0 Å². The van der Waals surface area contributed by atoms with Gasteiger partial charge in [-0.3, -0.25) is 0 Å². The van der Waals surface area contributed by atoms with Crippen molar-refractivity contribution in [3.05, 3.63) is 65.7 Å². The summed E-state index contributed by atoms with van der Waals surface area (Å²) in [5, 5.41) is 12.0. The lowest BCUT2D eigenvalue weighted by Gasteiger charge is -2.08. The average molecular weight is 237 g/mol. The van der Waals surface area contributed by atoms with Gasteiger partial charge in [-0.25, -0.2) is 0 Å². The van der Waals surface area contributed by atoms with E-state index in [1.807, 2.05) is 48.5 Å². The van der Waals surface area contributed by atoms with Gasteiger partial charge in [-0.05, 0) is 23.3 Å². The van der Waals surface area contributed by atoms with Crippen molar-refractivity contribution in [2.75, 3.05) is 5.32 Å². The van der Waals surface area contributed by atoms with Crippen molar-refractivity contribution in [2.45, 2.75) is 12.6 Å². The molecular weight excluding hydrogens is 222 g/mol. The lowest BCUT2D eigenvalue weighted by Crippen LogP contribution is -2.07. The Kier molecular flexibility index (Phi) is 3.95. The van der Waals surface area contributed by atoms with Crippen LogP contribution in [0.1, 0.15) is 17.2 Å². The molecule has 3 heteroatoms. The zero-order valence-electron chi connectivity index (χ0n) is 10.0. The smallest absolute Gasteiger partial charge is 0.118 e. The molecule has 90 valence electrons. The largest absolute Gasteiger partial charge is 0.381 e. The van der Waals surface area contributed by atoms with E-state index in [4.69, 9.17) is 11.0 Å². The molecule has 0 aromatic heterocycles. The highest BCUT2D eigenvalue weighted by molar-refractivity contribution is 5.46. The van der Waals surface area contributed by atoms with Crippen LogP contribution in [-0.4, -0.2) is 0 Å². The van der Waals surface area contributed by atoms with Crippen LogP contribution in [0.3, 0.4) is 0 Å². The predicted octanol–water partition coefficient (Wildman–Crippen LogP) is 2.82. The molecule has 0 spiro atoms. The van der Waals surface area contributed by atoms with Crippen molar-refractivity contribution in [3.63, 3.8) is 0 Å². The van der Waals surface area contributed by atoms with E-state index in [2.05, 4.69) is 17.4 Å². The van der Waals surface area contributed by atoms with Gasteiger partial charge in [0.1, 0.15) is 6.04 Å². The number of rotatable bonds is 4. The van der Waals surface area contributed by atoms with Gasteiger partial charge in [0.05, 0.1) is 6.07 Å². The molecule has 2 aromatic rings. The van der Waals surface area contributed by atoms with Gasteiger partial charge >= 0.3 is 0 Å². The van der Waals surface area contributed by atoms with E-state index < -0.39 is 6.04 Å². The summed E-state index contributed by atoms with van der Waals surface area (Å²) in [7, 11) is 0. The van der Waals surface area contributed by atoms with Gasteiger partial charge in [0, 0.05) is 12.2 Å². The number of nitrogens with two attached hydrogens (primary N) is 1. The van der Waals surface area contributed by atoms with Gasteiger partial charge in [0.2, 0.25) is 0 Å². The normalized spacial score (nSPS) is 11.6. The summed E-state index contributed by atoms with van der Waals surface area (Å²) >= 11 is 0. The van der Waals surface area contributed by atoms with E-state index in [9.17, 15) is 0 Å². The highest BCUT2D eigenvalue weighted by Gasteiger charge is 2.02. The number of nitriles is 1. The van der Waals surface area contributed by atoms with Crippen molar-refractivity contribution in [1.82, 2.24) is 0 Å². The zero-order valence-corrected chi connectivity index (χ0v) is 10.0. The van der Waals surface area contributed by atoms with Gasteiger partial charge in [0.25, 0.3) is 0 Å². The Morgan fingerprint density at radius 3 is 2.33 bits per heavy atom. The first-order chi connectivity index (χ1) is 8.79. The van der Waals surface area contributed by atoms with Crippen molar-refractivity contribution < 1.29 is 0 Å². The Morgan fingerprint density at radius 2 is 1.72 bits per heavy atom. The standard InChI is InChI=1S/C15H15N3/c16-10-15(17)13-6-8-14(9-7-13)18-11-12-4-2-1-3-5-12/h1-9,15,18H,11,17H2. The third-order valence-corrected chi connectivity index (χ3v) is 2.75. The van der Waals surface area contributed by atoms with Crippen molar-refractivity contribution >= 4 is 5.69 Å². The van der Waals surface area contributed by atoms with E-state index in [1.165, 1.54) is 5.56 Å². The summed E-state index contributed by atoms with van der Waals surface area (Å²) < 4.78 is 0. The fraction of sp³-hybridized carbons (Fsp3) is 0.133. The molecule has 0 aliphatic carbocycles. The van der Waals surface area contributed by atoms with Crippen molar-refractivity contribution in [1.29, 1.82) is 5.26 Å². The Morgan fingerprint density at radius 1 is 1.06 bits per heavy atom. The highest BCUT2D eigenvalue weighted by Crippen LogP contribution is 2.15. The molecule has 0 amide bonds. The van der Waals surface area contributed by atoms with E-state index >= 15 is 0 Å².